The second kappa shape index (κ2) is 8.09. The van der Waals surface area contributed by atoms with Crippen LogP contribution in [0.5, 0.6) is 0 Å². The Morgan fingerprint density at radius 1 is 1.27 bits per heavy atom. The number of benzene rings is 1. The van der Waals surface area contributed by atoms with Gasteiger partial charge in [0.2, 0.25) is 0 Å². The van der Waals surface area contributed by atoms with Crippen LogP contribution in [0.1, 0.15) is 18.4 Å². The Kier molecular flexibility index (Phi) is 6.76. The second-order valence-electron chi connectivity index (χ2n) is 5.01. The molecule has 0 aromatic heterocycles. The molecule has 1 fully saturated rings. The minimum Gasteiger partial charge on any atom is -0.475 e. The number of hydrogen-bond acceptors (Lipinski definition) is 3. The van der Waals surface area contributed by atoms with Gasteiger partial charge in [0.05, 0.1) is 0 Å². The highest BCUT2D eigenvalue weighted by atomic mass is 19.4. The van der Waals surface area contributed by atoms with Crippen molar-refractivity contribution in [3.05, 3.63) is 35.6 Å². The molecule has 1 aliphatic rings. The Hall–Kier alpha value is -1.67. The number of piperidine rings is 1. The molecule has 4 nitrogen and oxygen atoms in total. The van der Waals surface area contributed by atoms with Crippen molar-refractivity contribution >= 4 is 5.97 Å². The predicted molar refractivity (Wildman–Crippen MR) is 72.6 cm³/mol. The van der Waals surface area contributed by atoms with Crippen molar-refractivity contribution in [2.45, 2.75) is 31.6 Å². The molecule has 1 saturated heterocycles. The van der Waals surface area contributed by atoms with Gasteiger partial charge in [0.1, 0.15) is 5.82 Å². The van der Waals surface area contributed by atoms with Gasteiger partial charge < -0.3 is 10.8 Å². The molecule has 0 saturated carbocycles. The Labute approximate surface area is 125 Å². The number of hydrogen-bond donors (Lipinski definition) is 2. The molecule has 0 spiro atoms. The zero-order chi connectivity index (χ0) is 16.8. The minimum absolute atomic E-state index is 0.104. The number of aliphatic carboxylic acids is 1. The van der Waals surface area contributed by atoms with Gasteiger partial charge >= 0.3 is 12.1 Å². The number of carbonyl (C=O) groups is 1. The zero-order valence-corrected chi connectivity index (χ0v) is 11.8. The number of carboxylic acid groups (broad SMARTS) is 1. The van der Waals surface area contributed by atoms with E-state index in [0.29, 0.717) is 12.6 Å². The van der Waals surface area contributed by atoms with Gasteiger partial charge in [0.25, 0.3) is 0 Å². The molecule has 124 valence electrons. The van der Waals surface area contributed by atoms with Crippen molar-refractivity contribution in [1.82, 2.24) is 4.90 Å². The maximum atomic E-state index is 13.4. The largest absolute Gasteiger partial charge is 0.490 e. The molecule has 1 aromatic rings. The smallest absolute Gasteiger partial charge is 0.475 e. The third-order valence-electron chi connectivity index (χ3n) is 3.23. The Balaban J connectivity index is 0.000000295. The van der Waals surface area contributed by atoms with E-state index in [1.54, 1.807) is 6.07 Å². The van der Waals surface area contributed by atoms with Crippen LogP contribution in [0.4, 0.5) is 17.6 Å². The van der Waals surface area contributed by atoms with Crippen LogP contribution in [0.15, 0.2) is 24.3 Å². The highest BCUT2D eigenvalue weighted by Gasteiger charge is 2.38. The molecule has 1 aliphatic heterocycles. The first-order chi connectivity index (χ1) is 10.2. The molecule has 1 aromatic carbocycles. The van der Waals surface area contributed by atoms with E-state index < -0.39 is 12.1 Å². The zero-order valence-electron chi connectivity index (χ0n) is 11.8. The molecule has 2 rings (SSSR count). The Morgan fingerprint density at radius 2 is 1.77 bits per heavy atom. The van der Waals surface area contributed by atoms with Crippen molar-refractivity contribution in [3.63, 3.8) is 0 Å². The first-order valence-corrected chi connectivity index (χ1v) is 6.71. The van der Waals surface area contributed by atoms with E-state index in [-0.39, 0.29) is 5.82 Å². The van der Waals surface area contributed by atoms with Crippen molar-refractivity contribution in [3.8, 4) is 0 Å². The van der Waals surface area contributed by atoms with Crippen LogP contribution < -0.4 is 5.73 Å². The summed E-state index contributed by atoms with van der Waals surface area (Å²) in [7, 11) is 0. The van der Waals surface area contributed by atoms with E-state index in [4.69, 9.17) is 15.6 Å². The van der Waals surface area contributed by atoms with Crippen LogP contribution in [0.3, 0.4) is 0 Å². The number of carboxylic acids is 1. The van der Waals surface area contributed by atoms with Crippen molar-refractivity contribution in [2.24, 2.45) is 5.73 Å². The SMILES string of the molecule is NC1CCN(Cc2ccccc2F)CC1.O=C(O)C(F)(F)F. The Morgan fingerprint density at radius 3 is 2.23 bits per heavy atom. The molecule has 0 unspecified atom stereocenters. The van der Waals surface area contributed by atoms with Gasteiger partial charge in [-0.2, -0.15) is 13.2 Å². The summed E-state index contributed by atoms with van der Waals surface area (Å²) >= 11 is 0. The number of halogens is 4. The monoisotopic (exact) mass is 322 g/mol. The Bertz CT molecular complexity index is 486. The van der Waals surface area contributed by atoms with E-state index >= 15 is 0 Å². The molecule has 0 aliphatic carbocycles. The first-order valence-electron chi connectivity index (χ1n) is 6.71. The van der Waals surface area contributed by atoms with Gasteiger partial charge in [0.15, 0.2) is 0 Å². The molecule has 0 radical (unpaired) electrons. The summed E-state index contributed by atoms with van der Waals surface area (Å²) in [6.07, 6.45) is -3.04. The van der Waals surface area contributed by atoms with Crippen molar-refractivity contribution in [2.75, 3.05) is 13.1 Å². The van der Waals surface area contributed by atoms with Crippen LogP contribution in [0.2, 0.25) is 0 Å². The van der Waals surface area contributed by atoms with Crippen molar-refractivity contribution < 1.29 is 27.5 Å². The molecule has 0 amide bonds. The van der Waals surface area contributed by atoms with Crippen LogP contribution >= 0.6 is 0 Å². The predicted octanol–water partition coefficient (Wildman–Crippen LogP) is 2.38. The maximum Gasteiger partial charge on any atom is 0.490 e. The summed E-state index contributed by atoms with van der Waals surface area (Å²) in [4.78, 5) is 11.2. The lowest BCUT2D eigenvalue weighted by molar-refractivity contribution is -0.192. The molecular weight excluding hydrogens is 304 g/mol. The summed E-state index contributed by atoms with van der Waals surface area (Å²) in [5.74, 6) is -2.86. The van der Waals surface area contributed by atoms with E-state index in [2.05, 4.69) is 4.90 Å². The quantitative estimate of drug-likeness (QED) is 0.821. The molecule has 22 heavy (non-hydrogen) atoms. The van der Waals surface area contributed by atoms with Crippen LogP contribution in [-0.2, 0) is 11.3 Å². The van der Waals surface area contributed by atoms with Gasteiger partial charge in [-0.15, -0.1) is 0 Å². The second-order valence-corrected chi connectivity index (χ2v) is 5.01. The van der Waals surface area contributed by atoms with Gasteiger partial charge in [0, 0.05) is 18.2 Å². The number of nitrogens with two attached hydrogens (primary N) is 1. The molecule has 8 heteroatoms. The van der Waals surface area contributed by atoms with Gasteiger partial charge in [-0.25, -0.2) is 9.18 Å². The lowest BCUT2D eigenvalue weighted by Gasteiger charge is -2.30. The van der Waals surface area contributed by atoms with E-state index in [0.717, 1.165) is 31.5 Å². The molecule has 0 atom stereocenters. The van der Waals surface area contributed by atoms with Crippen LogP contribution in [0.25, 0.3) is 0 Å². The summed E-state index contributed by atoms with van der Waals surface area (Å²) < 4.78 is 45.1. The summed E-state index contributed by atoms with van der Waals surface area (Å²) in [5, 5.41) is 7.12. The highest BCUT2D eigenvalue weighted by Crippen LogP contribution is 2.14. The molecular formula is C14H18F4N2O2. The van der Waals surface area contributed by atoms with E-state index in [1.165, 1.54) is 6.07 Å². The maximum absolute atomic E-state index is 13.4. The molecule has 3 N–H and O–H groups in total. The fourth-order valence-electron chi connectivity index (χ4n) is 1.98. The topological polar surface area (TPSA) is 66.6 Å². The van der Waals surface area contributed by atoms with Crippen LogP contribution in [0, 0.1) is 5.82 Å². The average molecular weight is 322 g/mol. The lowest BCUT2D eigenvalue weighted by atomic mass is 10.1. The molecule has 0 bridgehead atoms. The number of nitrogens with zero attached hydrogens (tertiary/aromatic N) is 1. The van der Waals surface area contributed by atoms with E-state index in [9.17, 15) is 17.6 Å². The summed E-state index contributed by atoms with van der Waals surface area (Å²) in [6, 6.07) is 7.32. The first kappa shape index (κ1) is 18.4. The number of likely N-dealkylation sites (tertiary alicyclic amines) is 1. The summed E-state index contributed by atoms with van der Waals surface area (Å²) in [5.41, 5.74) is 6.60. The minimum atomic E-state index is -5.08. The van der Waals surface area contributed by atoms with Gasteiger partial charge in [-0.3, -0.25) is 4.90 Å². The van der Waals surface area contributed by atoms with E-state index in [1.807, 2.05) is 12.1 Å². The standard InChI is InChI=1S/C12H17FN2.C2HF3O2/c13-12-4-2-1-3-10(12)9-15-7-5-11(14)6-8-15;3-2(4,5)1(6)7/h1-4,11H,5-9,14H2;(H,6,7). The average Bonchev–Trinajstić information content (AvgIpc) is 2.43. The summed E-state index contributed by atoms with van der Waals surface area (Å²) in [6.45, 7) is 2.67. The van der Waals surface area contributed by atoms with Crippen molar-refractivity contribution in [1.29, 1.82) is 0 Å². The molecule has 1 heterocycles. The normalized spacial score (nSPS) is 16.8. The third kappa shape index (κ3) is 6.40. The third-order valence-corrected chi connectivity index (χ3v) is 3.23. The fraction of sp³-hybridized carbons (Fsp3) is 0.500. The fourth-order valence-corrected chi connectivity index (χ4v) is 1.98. The number of alkyl halides is 3. The number of rotatable bonds is 2. The highest BCUT2D eigenvalue weighted by molar-refractivity contribution is 5.73. The van der Waals surface area contributed by atoms with Gasteiger partial charge in [-0.1, -0.05) is 18.2 Å². The van der Waals surface area contributed by atoms with Crippen LogP contribution in [-0.4, -0.2) is 41.3 Å². The lowest BCUT2D eigenvalue weighted by Crippen LogP contribution is -2.39. The van der Waals surface area contributed by atoms with Gasteiger partial charge in [-0.05, 0) is 32.0 Å².